The van der Waals surface area contributed by atoms with E-state index in [2.05, 4.69) is 16.0 Å². The summed E-state index contributed by atoms with van der Waals surface area (Å²) in [7, 11) is 1.54. The van der Waals surface area contributed by atoms with Gasteiger partial charge in [-0.15, -0.1) is 0 Å². The van der Waals surface area contributed by atoms with E-state index in [4.69, 9.17) is 16.3 Å². The first-order valence-electron chi connectivity index (χ1n) is 6.08. The summed E-state index contributed by atoms with van der Waals surface area (Å²) in [4.78, 5) is 11.8. The Balaban J connectivity index is 1.86. The SMILES string of the molecule is COc1ccc(Cl)cc1NC(=O)NCCc1ccsc1. The van der Waals surface area contributed by atoms with Crippen LogP contribution >= 0.6 is 22.9 Å². The van der Waals surface area contributed by atoms with Crippen molar-refractivity contribution in [2.24, 2.45) is 0 Å². The Labute approximate surface area is 126 Å². The Kier molecular flexibility index (Phi) is 5.26. The van der Waals surface area contributed by atoms with Crippen LogP contribution in [0.25, 0.3) is 0 Å². The molecule has 0 aliphatic carbocycles. The molecule has 0 radical (unpaired) electrons. The molecule has 2 amide bonds. The predicted octanol–water partition coefficient (Wildman–Crippen LogP) is 3.77. The molecule has 4 nitrogen and oxygen atoms in total. The predicted molar refractivity (Wildman–Crippen MR) is 83.0 cm³/mol. The summed E-state index contributed by atoms with van der Waals surface area (Å²) < 4.78 is 5.16. The molecular weight excluding hydrogens is 296 g/mol. The fraction of sp³-hybridized carbons (Fsp3) is 0.214. The summed E-state index contributed by atoms with van der Waals surface area (Å²) in [6.07, 6.45) is 0.809. The maximum atomic E-state index is 11.8. The van der Waals surface area contributed by atoms with Crippen molar-refractivity contribution in [2.75, 3.05) is 19.0 Å². The molecule has 6 heteroatoms. The third-order valence-electron chi connectivity index (χ3n) is 2.69. The highest BCUT2D eigenvalue weighted by Gasteiger charge is 2.07. The van der Waals surface area contributed by atoms with Gasteiger partial charge >= 0.3 is 6.03 Å². The molecule has 1 heterocycles. The van der Waals surface area contributed by atoms with Gasteiger partial charge in [0.05, 0.1) is 12.8 Å². The van der Waals surface area contributed by atoms with Crippen LogP contribution in [0.1, 0.15) is 5.56 Å². The van der Waals surface area contributed by atoms with Gasteiger partial charge in [0.1, 0.15) is 5.75 Å². The van der Waals surface area contributed by atoms with E-state index in [1.165, 1.54) is 5.56 Å². The minimum Gasteiger partial charge on any atom is -0.495 e. The van der Waals surface area contributed by atoms with Crippen LogP contribution in [0, 0.1) is 0 Å². The molecule has 0 bridgehead atoms. The van der Waals surface area contributed by atoms with Gasteiger partial charge in [-0.2, -0.15) is 11.3 Å². The maximum absolute atomic E-state index is 11.8. The number of hydrogen-bond acceptors (Lipinski definition) is 3. The average molecular weight is 311 g/mol. The number of amides is 2. The molecule has 20 heavy (non-hydrogen) atoms. The first kappa shape index (κ1) is 14.7. The highest BCUT2D eigenvalue weighted by Crippen LogP contribution is 2.27. The Bertz CT molecular complexity index is 573. The topological polar surface area (TPSA) is 50.4 Å². The number of halogens is 1. The lowest BCUT2D eigenvalue weighted by atomic mass is 10.2. The van der Waals surface area contributed by atoms with E-state index in [9.17, 15) is 4.79 Å². The molecule has 0 saturated carbocycles. The summed E-state index contributed by atoms with van der Waals surface area (Å²) in [5, 5.41) is 10.2. The second kappa shape index (κ2) is 7.17. The Morgan fingerprint density at radius 1 is 1.40 bits per heavy atom. The molecule has 106 valence electrons. The molecule has 2 N–H and O–H groups in total. The normalized spacial score (nSPS) is 10.1. The van der Waals surface area contributed by atoms with E-state index in [0.717, 1.165) is 6.42 Å². The van der Waals surface area contributed by atoms with Gasteiger partial charge in [0.15, 0.2) is 0 Å². The monoisotopic (exact) mass is 310 g/mol. The number of methoxy groups -OCH3 is 1. The van der Waals surface area contributed by atoms with Crippen molar-refractivity contribution in [1.82, 2.24) is 5.32 Å². The third-order valence-corrected chi connectivity index (χ3v) is 3.66. The van der Waals surface area contributed by atoms with E-state index >= 15 is 0 Å². The molecule has 0 unspecified atom stereocenters. The number of benzene rings is 1. The highest BCUT2D eigenvalue weighted by atomic mass is 35.5. The minimum atomic E-state index is -0.277. The number of carbonyl (C=O) groups is 1. The van der Waals surface area contributed by atoms with Crippen molar-refractivity contribution in [3.63, 3.8) is 0 Å². The number of anilines is 1. The fourth-order valence-electron chi connectivity index (χ4n) is 1.70. The van der Waals surface area contributed by atoms with Gasteiger partial charge in [-0.05, 0) is 47.0 Å². The van der Waals surface area contributed by atoms with Crippen LogP contribution in [0.3, 0.4) is 0 Å². The molecule has 2 rings (SSSR count). The summed E-state index contributed by atoms with van der Waals surface area (Å²) in [6, 6.07) is 6.84. The smallest absolute Gasteiger partial charge is 0.319 e. The van der Waals surface area contributed by atoms with Crippen LogP contribution in [0.4, 0.5) is 10.5 Å². The average Bonchev–Trinajstić information content (AvgIpc) is 2.92. The molecule has 0 aliphatic rings. The van der Waals surface area contributed by atoms with Crippen LogP contribution in [0.2, 0.25) is 5.02 Å². The summed E-state index contributed by atoms with van der Waals surface area (Å²) in [6.45, 7) is 0.575. The van der Waals surface area contributed by atoms with Crippen LogP contribution in [0.15, 0.2) is 35.0 Å². The van der Waals surface area contributed by atoms with Gasteiger partial charge < -0.3 is 15.4 Å². The van der Waals surface area contributed by atoms with Crippen LogP contribution in [0.5, 0.6) is 5.75 Å². The Hall–Kier alpha value is -1.72. The highest BCUT2D eigenvalue weighted by molar-refractivity contribution is 7.07. The van der Waals surface area contributed by atoms with Gasteiger partial charge in [0.25, 0.3) is 0 Å². The van der Waals surface area contributed by atoms with E-state index < -0.39 is 0 Å². The van der Waals surface area contributed by atoms with Crippen molar-refractivity contribution in [2.45, 2.75) is 6.42 Å². The largest absolute Gasteiger partial charge is 0.495 e. The van der Waals surface area contributed by atoms with E-state index in [1.807, 2.05) is 11.4 Å². The molecule has 1 aromatic heterocycles. The maximum Gasteiger partial charge on any atom is 0.319 e. The Morgan fingerprint density at radius 3 is 2.95 bits per heavy atom. The van der Waals surface area contributed by atoms with Crippen molar-refractivity contribution in [1.29, 1.82) is 0 Å². The quantitative estimate of drug-likeness (QED) is 0.883. The molecule has 2 aromatic rings. The van der Waals surface area contributed by atoms with E-state index in [-0.39, 0.29) is 6.03 Å². The molecule has 0 saturated heterocycles. The van der Waals surface area contributed by atoms with Crippen molar-refractivity contribution in [3.05, 3.63) is 45.6 Å². The zero-order chi connectivity index (χ0) is 14.4. The van der Waals surface area contributed by atoms with Gasteiger partial charge in [-0.3, -0.25) is 0 Å². The fourth-order valence-corrected chi connectivity index (χ4v) is 2.57. The zero-order valence-electron chi connectivity index (χ0n) is 11.0. The van der Waals surface area contributed by atoms with Gasteiger partial charge in [0, 0.05) is 11.6 Å². The summed E-state index contributed by atoms with van der Waals surface area (Å²) in [5.74, 6) is 0.572. The van der Waals surface area contributed by atoms with Gasteiger partial charge in [-0.25, -0.2) is 4.79 Å². The second-order valence-corrected chi connectivity index (χ2v) is 5.32. The van der Waals surface area contributed by atoms with Gasteiger partial charge in [-0.1, -0.05) is 11.6 Å². The van der Waals surface area contributed by atoms with E-state index in [1.54, 1.807) is 36.6 Å². The minimum absolute atomic E-state index is 0.277. The molecule has 0 aliphatic heterocycles. The van der Waals surface area contributed by atoms with Crippen molar-refractivity contribution in [3.8, 4) is 5.75 Å². The lowest BCUT2D eigenvalue weighted by Crippen LogP contribution is -2.30. The van der Waals surface area contributed by atoms with Gasteiger partial charge in [0.2, 0.25) is 0 Å². The molecule has 0 atom stereocenters. The number of urea groups is 1. The Morgan fingerprint density at radius 2 is 2.25 bits per heavy atom. The molecule has 0 spiro atoms. The van der Waals surface area contributed by atoms with Crippen molar-refractivity contribution < 1.29 is 9.53 Å². The number of thiophene rings is 1. The summed E-state index contributed by atoms with van der Waals surface area (Å²) in [5.41, 5.74) is 1.77. The van der Waals surface area contributed by atoms with Crippen molar-refractivity contribution >= 4 is 34.7 Å². The second-order valence-electron chi connectivity index (χ2n) is 4.11. The van der Waals surface area contributed by atoms with E-state index in [0.29, 0.717) is 23.0 Å². The van der Waals surface area contributed by atoms with Crippen LogP contribution < -0.4 is 15.4 Å². The number of hydrogen-bond donors (Lipinski definition) is 2. The van der Waals surface area contributed by atoms with Crippen LogP contribution in [-0.4, -0.2) is 19.7 Å². The molecule has 1 aromatic carbocycles. The first-order valence-corrected chi connectivity index (χ1v) is 7.40. The lowest BCUT2D eigenvalue weighted by Gasteiger charge is -2.11. The number of carbonyl (C=O) groups excluding carboxylic acids is 1. The molecule has 0 fully saturated rings. The zero-order valence-corrected chi connectivity index (χ0v) is 12.6. The number of ether oxygens (including phenoxy) is 1. The standard InChI is InChI=1S/C14H15ClN2O2S/c1-19-13-3-2-11(15)8-12(13)17-14(18)16-6-4-10-5-7-20-9-10/h2-3,5,7-9H,4,6H2,1H3,(H2,16,17,18). The lowest BCUT2D eigenvalue weighted by molar-refractivity contribution is 0.252. The number of nitrogens with one attached hydrogen (secondary N) is 2. The third kappa shape index (κ3) is 4.15. The molecular formula is C14H15ClN2O2S. The number of rotatable bonds is 5. The first-order chi connectivity index (χ1) is 9.69. The summed E-state index contributed by atoms with van der Waals surface area (Å²) >= 11 is 7.55. The van der Waals surface area contributed by atoms with Crippen LogP contribution in [-0.2, 0) is 6.42 Å².